The summed E-state index contributed by atoms with van der Waals surface area (Å²) in [6, 6.07) is 16.0. The van der Waals surface area contributed by atoms with Crippen LogP contribution >= 0.6 is 15.9 Å². The van der Waals surface area contributed by atoms with Gasteiger partial charge in [0, 0.05) is 41.6 Å². The first-order valence-electron chi connectivity index (χ1n) is 8.58. The molecule has 0 bridgehead atoms. The molecule has 27 heavy (non-hydrogen) atoms. The number of rotatable bonds is 3. The molecule has 3 aromatic rings. The number of piperazine rings is 1. The molecule has 1 saturated heterocycles. The lowest BCUT2D eigenvalue weighted by Crippen LogP contribution is -2.50. The van der Waals surface area contributed by atoms with Crippen molar-refractivity contribution in [3.63, 3.8) is 0 Å². The van der Waals surface area contributed by atoms with Gasteiger partial charge in [-0.1, -0.05) is 34.1 Å². The first-order valence-corrected chi connectivity index (χ1v) is 10.8. The van der Waals surface area contributed by atoms with Crippen molar-refractivity contribution < 1.29 is 13.2 Å². The molecule has 1 aromatic heterocycles. The maximum absolute atomic E-state index is 12.8. The highest BCUT2D eigenvalue weighted by molar-refractivity contribution is 9.10. The Morgan fingerprint density at radius 3 is 2.37 bits per heavy atom. The van der Waals surface area contributed by atoms with Crippen LogP contribution < -0.4 is 0 Å². The fourth-order valence-corrected chi connectivity index (χ4v) is 5.08. The second kappa shape index (κ2) is 7.10. The SMILES string of the molecule is O=C(c1cc2cc(Br)ccc2[nH]1)N1CCN(S(=O)(=O)c2ccccc2)CC1. The molecule has 0 atom stereocenters. The third-order valence-electron chi connectivity index (χ3n) is 4.72. The average molecular weight is 448 g/mol. The van der Waals surface area contributed by atoms with Gasteiger partial charge in [-0.05, 0) is 36.4 Å². The fraction of sp³-hybridized carbons (Fsp3) is 0.211. The fourth-order valence-electron chi connectivity index (χ4n) is 3.26. The second-order valence-corrected chi connectivity index (χ2v) is 9.28. The summed E-state index contributed by atoms with van der Waals surface area (Å²) in [6.45, 7) is 1.30. The minimum absolute atomic E-state index is 0.112. The lowest BCUT2D eigenvalue weighted by atomic mass is 10.2. The van der Waals surface area contributed by atoms with Gasteiger partial charge in [0.1, 0.15) is 5.69 Å². The standard InChI is InChI=1S/C19H18BrN3O3S/c20-15-6-7-17-14(12-15)13-18(21-17)19(24)22-8-10-23(11-9-22)27(25,26)16-4-2-1-3-5-16/h1-7,12-13,21H,8-11H2. The largest absolute Gasteiger partial charge is 0.351 e. The van der Waals surface area contributed by atoms with Gasteiger partial charge < -0.3 is 9.88 Å². The molecule has 1 aliphatic rings. The molecule has 6 nitrogen and oxygen atoms in total. The van der Waals surface area contributed by atoms with Crippen molar-refractivity contribution >= 4 is 42.8 Å². The zero-order valence-corrected chi connectivity index (χ0v) is 16.8. The Morgan fingerprint density at radius 2 is 1.67 bits per heavy atom. The number of hydrogen-bond acceptors (Lipinski definition) is 3. The Kier molecular flexibility index (Phi) is 4.79. The van der Waals surface area contributed by atoms with E-state index < -0.39 is 10.0 Å². The number of nitrogens with zero attached hydrogens (tertiary/aromatic N) is 2. The Morgan fingerprint density at radius 1 is 0.963 bits per heavy atom. The van der Waals surface area contributed by atoms with Gasteiger partial charge in [-0.25, -0.2) is 8.42 Å². The van der Waals surface area contributed by atoms with Crippen LogP contribution in [0, 0.1) is 0 Å². The summed E-state index contributed by atoms with van der Waals surface area (Å²) in [7, 11) is -3.52. The summed E-state index contributed by atoms with van der Waals surface area (Å²) in [6.07, 6.45) is 0. The molecule has 0 aliphatic carbocycles. The number of nitrogens with one attached hydrogen (secondary N) is 1. The van der Waals surface area contributed by atoms with Gasteiger partial charge >= 0.3 is 0 Å². The smallest absolute Gasteiger partial charge is 0.270 e. The summed E-state index contributed by atoms with van der Waals surface area (Å²) >= 11 is 3.43. The molecular weight excluding hydrogens is 430 g/mol. The lowest BCUT2D eigenvalue weighted by molar-refractivity contribution is 0.0693. The Bertz CT molecular complexity index is 1090. The van der Waals surface area contributed by atoms with E-state index in [0.717, 1.165) is 15.4 Å². The van der Waals surface area contributed by atoms with Gasteiger partial charge in [0.2, 0.25) is 10.0 Å². The van der Waals surface area contributed by atoms with Gasteiger partial charge in [0.25, 0.3) is 5.91 Å². The molecule has 0 saturated carbocycles. The number of benzene rings is 2. The van der Waals surface area contributed by atoms with Crippen molar-refractivity contribution in [2.45, 2.75) is 4.90 Å². The van der Waals surface area contributed by atoms with Crippen LogP contribution in [-0.2, 0) is 10.0 Å². The Balaban J connectivity index is 1.47. The zero-order valence-electron chi connectivity index (χ0n) is 14.4. The quantitative estimate of drug-likeness (QED) is 0.670. The van der Waals surface area contributed by atoms with Crippen LogP contribution in [0.5, 0.6) is 0 Å². The maximum Gasteiger partial charge on any atom is 0.270 e. The minimum Gasteiger partial charge on any atom is -0.351 e. The van der Waals surface area contributed by atoms with Crippen LogP contribution in [0.2, 0.25) is 0 Å². The van der Waals surface area contributed by atoms with Crippen molar-refractivity contribution in [1.82, 2.24) is 14.2 Å². The Labute approximate surface area is 166 Å². The highest BCUT2D eigenvalue weighted by Gasteiger charge is 2.30. The molecule has 0 radical (unpaired) electrons. The predicted octanol–water partition coefficient (Wildman–Crippen LogP) is 3.08. The summed E-state index contributed by atoms with van der Waals surface area (Å²) < 4.78 is 27.8. The number of halogens is 1. The van der Waals surface area contributed by atoms with E-state index in [9.17, 15) is 13.2 Å². The first kappa shape index (κ1) is 18.2. The van der Waals surface area contributed by atoms with Crippen LogP contribution in [0.1, 0.15) is 10.5 Å². The highest BCUT2D eigenvalue weighted by atomic mass is 79.9. The monoisotopic (exact) mass is 447 g/mol. The molecule has 4 rings (SSSR count). The number of aromatic amines is 1. The van der Waals surface area contributed by atoms with Gasteiger partial charge in [-0.3, -0.25) is 4.79 Å². The number of H-pyrrole nitrogens is 1. The van der Waals surface area contributed by atoms with E-state index >= 15 is 0 Å². The summed E-state index contributed by atoms with van der Waals surface area (Å²) in [5, 5.41) is 0.956. The van der Waals surface area contributed by atoms with E-state index in [1.54, 1.807) is 35.2 Å². The Hall–Kier alpha value is -2.16. The molecule has 1 amide bonds. The third-order valence-corrected chi connectivity index (χ3v) is 7.13. The molecule has 2 heterocycles. The number of fused-ring (bicyclic) bond motifs is 1. The molecule has 1 N–H and O–H groups in total. The van der Waals surface area contributed by atoms with Crippen LogP contribution in [0.15, 0.2) is 64.0 Å². The minimum atomic E-state index is -3.52. The molecule has 2 aromatic carbocycles. The number of carbonyl (C=O) groups excluding carboxylic acids is 1. The van der Waals surface area contributed by atoms with Gasteiger partial charge in [-0.15, -0.1) is 0 Å². The van der Waals surface area contributed by atoms with Crippen molar-refractivity contribution in [3.8, 4) is 0 Å². The number of amides is 1. The van der Waals surface area contributed by atoms with Crippen molar-refractivity contribution in [3.05, 3.63) is 64.8 Å². The molecular formula is C19H18BrN3O3S. The van der Waals surface area contributed by atoms with E-state index in [0.29, 0.717) is 18.8 Å². The second-order valence-electron chi connectivity index (χ2n) is 6.42. The van der Waals surface area contributed by atoms with Crippen molar-refractivity contribution in [2.24, 2.45) is 0 Å². The molecule has 1 aliphatic heterocycles. The third kappa shape index (κ3) is 3.52. The van der Waals surface area contributed by atoms with Crippen molar-refractivity contribution in [2.75, 3.05) is 26.2 Å². The predicted molar refractivity (Wildman–Crippen MR) is 107 cm³/mol. The highest BCUT2D eigenvalue weighted by Crippen LogP contribution is 2.22. The van der Waals surface area contributed by atoms with Crippen LogP contribution in [0.4, 0.5) is 0 Å². The van der Waals surface area contributed by atoms with E-state index in [2.05, 4.69) is 20.9 Å². The van der Waals surface area contributed by atoms with E-state index in [1.165, 1.54) is 4.31 Å². The number of aromatic nitrogens is 1. The summed E-state index contributed by atoms with van der Waals surface area (Å²) in [5.74, 6) is -0.112. The molecule has 140 valence electrons. The molecule has 0 unspecified atom stereocenters. The first-order chi connectivity index (χ1) is 12.9. The van der Waals surface area contributed by atoms with E-state index in [4.69, 9.17) is 0 Å². The van der Waals surface area contributed by atoms with E-state index in [-0.39, 0.29) is 23.9 Å². The topological polar surface area (TPSA) is 73.5 Å². The van der Waals surface area contributed by atoms with Gasteiger partial charge in [-0.2, -0.15) is 4.31 Å². The summed E-state index contributed by atoms with van der Waals surface area (Å²) in [4.78, 5) is 17.9. The molecule has 0 spiro atoms. The van der Waals surface area contributed by atoms with Crippen LogP contribution in [0.25, 0.3) is 10.9 Å². The lowest BCUT2D eigenvalue weighted by Gasteiger charge is -2.33. The summed E-state index contributed by atoms with van der Waals surface area (Å²) in [5.41, 5.74) is 1.41. The van der Waals surface area contributed by atoms with Crippen molar-refractivity contribution in [1.29, 1.82) is 0 Å². The zero-order chi connectivity index (χ0) is 19.0. The number of sulfonamides is 1. The number of hydrogen-bond donors (Lipinski definition) is 1. The van der Waals surface area contributed by atoms with Crippen LogP contribution in [-0.4, -0.2) is 54.7 Å². The maximum atomic E-state index is 12.8. The normalized spacial score (nSPS) is 16.0. The van der Waals surface area contributed by atoms with Gasteiger partial charge in [0.15, 0.2) is 0 Å². The molecule has 1 fully saturated rings. The average Bonchev–Trinajstić information content (AvgIpc) is 3.11. The van der Waals surface area contributed by atoms with Gasteiger partial charge in [0.05, 0.1) is 4.90 Å². The van der Waals surface area contributed by atoms with E-state index in [1.807, 2.05) is 24.3 Å². The number of carbonyl (C=O) groups is 1. The molecule has 8 heteroatoms. The van der Waals surface area contributed by atoms with Crippen LogP contribution in [0.3, 0.4) is 0 Å².